The molecule has 0 aliphatic carbocycles. The molecule has 0 saturated heterocycles. The minimum absolute atomic E-state index is 0.185. The van der Waals surface area contributed by atoms with Gasteiger partial charge >= 0.3 is 0 Å². The number of aryl methyl sites for hydroxylation is 1. The number of benzene rings is 2. The van der Waals surface area contributed by atoms with Gasteiger partial charge in [-0.1, -0.05) is 73.5 Å². The Morgan fingerprint density at radius 1 is 1.11 bits per heavy atom. The monoisotopic (exact) mass is 647 g/mol. The van der Waals surface area contributed by atoms with E-state index in [2.05, 4.69) is 60.3 Å². The van der Waals surface area contributed by atoms with E-state index in [0.717, 1.165) is 54.0 Å². The van der Waals surface area contributed by atoms with E-state index in [1.165, 1.54) is 5.56 Å². The molecular formula is C29H38ClN7O8. The summed E-state index contributed by atoms with van der Waals surface area (Å²) in [7, 11) is 0. The Labute approximate surface area is 265 Å². The van der Waals surface area contributed by atoms with Crippen LogP contribution >= 0.6 is 11.6 Å². The van der Waals surface area contributed by atoms with Crippen LogP contribution in [0.2, 0.25) is 5.15 Å². The van der Waals surface area contributed by atoms with Crippen molar-refractivity contribution >= 4 is 23.9 Å². The Morgan fingerprint density at radius 3 is 2.44 bits per heavy atom. The molecule has 0 radical (unpaired) electrons. The molecule has 0 aliphatic heterocycles. The summed E-state index contributed by atoms with van der Waals surface area (Å²) in [5.74, 6) is 6.74. The second-order valence-electron chi connectivity index (χ2n) is 9.78. The van der Waals surface area contributed by atoms with Crippen molar-refractivity contribution in [3.63, 3.8) is 0 Å². The first-order chi connectivity index (χ1) is 21.6. The molecule has 4 N–H and O–H groups in total. The number of rotatable bonds is 18. The topological polar surface area (TPSA) is 213 Å². The van der Waals surface area contributed by atoms with E-state index >= 15 is 0 Å². The molecule has 1 heterocycles. The van der Waals surface area contributed by atoms with Gasteiger partial charge in [-0.25, -0.2) is 4.98 Å². The molecule has 2 aromatic carbocycles. The largest absolute Gasteiger partial charge is 0.468 e. The summed E-state index contributed by atoms with van der Waals surface area (Å²) < 4.78 is 6.61. The number of nitrogens with two attached hydrogens (primary N) is 2. The number of unbranched alkanes of at least 4 members (excludes halogenated alkanes) is 2. The van der Waals surface area contributed by atoms with Gasteiger partial charge in [0.1, 0.15) is 23.7 Å². The fourth-order valence-corrected chi connectivity index (χ4v) is 4.53. The van der Waals surface area contributed by atoms with Gasteiger partial charge in [-0.15, -0.1) is 20.2 Å². The summed E-state index contributed by atoms with van der Waals surface area (Å²) in [6.45, 7) is 4.91. The third kappa shape index (κ3) is 12.3. The fraction of sp³-hybridized carbons (Fsp3) is 0.414. The number of hydrazone groups is 1. The zero-order chi connectivity index (χ0) is 33.2. The number of halogens is 1. The minimum atomic E-state index is -1.05. The van der Waals surface area contributed by atoms with Gasteiger partial charge in [0.05, 0.1) is 12.3 Å². The van der Waals surface area contributed by atoms with Crippen LogP contribution < -0.4 is 11.6 Å². The van der Waals surface area contributed by atoms with Gasteiger partial charge in [-0.05, 0) is 49.3 Å². The van der Waals surface area contributed by atoms with Crippen LogP contribution in [0.3, 0.4) is 0 Å². The van der Waals surface area contributed by atoms with Crippen molar-refractivity contribution in [2.75, 3.05) is 13.2 Å². The van der Waals surface area contributed by atoms with Crippen LogP contribution in [-0.2, 0) is 32.2 Å². The first kappa shape index (κ1) is 36.3. The molecule has 3 aromatic rings. The highest BCUT2D eigenvalue weighted by Gasteiger charge is 2.16. The van der Waals surface area contributed by atoms with Crippen LogP contribution in [-0.4, -0.2) is 51.3 Å². The number of ether oxygens (including phenoxy) is 1. The van der Waals surface area contributed by atoms with Gasteiger partial charge in [0.25, 0.3) is 16.6 Å². The average Bonchev–Trinajstić information content (AvgIpc) is 3.29. The van der Waals surface area contributed by atoms with Crippen LogP contribution in [0.4, 0.5) is 0 Å². The minimum Gasteiger partial charge on any atom is -0.468 e. The number of amidine groups is 1. The molecule has 1 unspecified atom stereocenters. The van der Waals surface area contributed by atoms with Crippen molar-refractivity contribution in [3.8, 4) is 11.1 Å². The van der Waals surface area contributed by atoms with Crippen LogP contribution in [0.1, 0.15) is 61.7 Å². The molecule has 0 spiro atoms. The second-order valence-corrected chi connectivity index (χ2v) is 10.1. The lowest BCUT2D eigenvalue weighted by Gasteiger charge is -2.12. The third-order valence-corrected chi connectivity index (χ3v) is 7.01. The van der Waals surface area contributed by atoms with E-state index in [0.29, 0.717) is 30.3 Å². The number of hydrogen-bond acceptors (Lipinski definition) is 11. The third-order valence-electron chi connectivity index (χ3n) is 6.65. The Balaban J connectivity index is 0.000000358. The summed E-state index contributed by atoms with van der Waals surface area (Å²) in [6.07, 6.45) is 3.29. The number of carbonyl (C=O) groups is 1. The van der Waals surface area contributed by atoms with E-state index in [9.17, 15) is 25.0 Å². The van der Waals surface area contributed by atoms with Gasteiger partial charge in [0.15, 0.2) is 5.84 Å². The summed E-state index contributed by atoms with van der Waals surface area (Å²) in [6, 6.07) is 16.3. The molecule has 0 saturated carbocycles. The van der Waals surface area contributed by atoms with Gasteiger partial charge < -0.3 is 30.6 Å². The lowest BCUT2D eigenvalue weighted by molar-refractivity contribution is -0.790. The smallest absolute Gasteiger partial charge is 0.294 e. The number of hydrogen-bond donors (Lipinski definition) is 2. The van der Waals surface area contributed by atoms with Gasteiger partial charge in [0.2, 0.25) is 0 Å². The lowest BCUT2D eigenvalue weighted by Crippen LogP contribution is -2.24. The van der Waals surface area contributed by atoms with Crippen molar-refractivity contribution in [3.05, 3.63) is 96.6 Å². The van der Waals surface area contributed by atoms with E-state index in [-0.39, 0.29) is 13.0 Å². The zero-order valence-electron chi connectivity index (χ0n) is 25.2. The quantitative estimate of drug-likeness (QED) is 0.0370. The van der Waals surface area contributed by atoms with Crippen molar-refractivity contribution < 1.29 is 29.4 Å². The molecule has 45 heavy (non-hydrogen) atoms. The van der Waals surface area contributed by atoms with E-state index < -0.39 is 22.9 Å². The fourth-order valence-electron chi connectivity index (χ4n) is 4.33. The molecule has 1 aromatic heterocycles. The maximum absolute atomic E-state index is 10.1. The highest BCUT2D eigenvalue weighted by molar-refractivity contribution is 6.30. The molecule has 16 heteroatoms. The van der Waals surface area contributed by atoms with Crippen molar-refractivity contribution in [2.24, 2.45) is 16.7 Å². The van der Waals surface area contributed by atoms with E-state index in [4.69, 9.17) is 23.2 Å². The van der Waals surface area contributed by atoms with Gasteiger partial charge in [-0.2, -0.15) is 5.10 Å². The highest BCUT2D eigenvalue weighted by Crippen LogP contribution is 2.25. The summed E-state index contributed by atoms with van der Waals surface area (Å²) in [5, 5.41) is 22.1. The predicted molar refractivity (Wildman–Crippen MR) is 167 cm³/mol. The Morgan fingerprint density at radius 2 is 1.82 bits per heavy atom. The van der Waals surface area contributed by atoms with Gasteiger partial charge in [-0.3, -0.25) is 4.79 Å². The number of aromatic nitrogens is 2. The van der Waals surface area contributed by atoms with Crippen molar-refractivity contribution in [1.82, 2.24) is 9.55 Å². The highest BCUT2D eigenvalue weighted by atomic mass is 35.5. The van der Waals surface area contributed by atoms with Crippen LogP contribution in [0, 0.1) is 27.2 Å². The predicted octanol–water partition coefficient (Wildman–Crippen LogP) is 4.60. The molecule has 244 valence electrons. The van der Waals surface area contributed by atoms with Crippen LogP contribution in [0.5, 0.6) is 0 Å². The van der Waals surface area contributed by atoms with Crippen molar-refractivity contribution in [1.29, 1.82) is 0 Å². The molecule has 0 amide bonds. The summed E-state index contributed by atoms with van der Waals surface area (Å²) in [5.41, 5.74) is 11.0. The normalized spacial score (nSPS) is 11.6. The van der Waals surface area contributed by atoms with Crippen molar-refractivity contribution in [2.45, 2.75) is 65.0 Å². The molecule has 0 bridgehead atoms. The molecule has 1 atom stereocenters. The van der Waals surface area contributed by atoms with Gasteiger partial charge in [0, 0.05) is 18.5 Å². The Kier molecular flexibility index (Phi) is 15.6. The molecule has 0 aliphatic rings. The number of nitrogens with zero attached hydrogens (tertiary/aromatic N) is 5. The second kappa shape index (κ2) is 19.4. The number of carbonyl (C=O) groups excluding carboxylic acids is 1. The summed E-state index contributed by atoms with van der Waals surface area (Å²) in [4.78, 5) is 42.5. The standard InChI is InChI=1S/C22H26ClN5.C7H12N2O8/c1-3-4-9-20-26-21(23)15(2)28(20)14-16-10-12-17(13-11-16)18-7-5-6-8-19(18)22(24)27-25;10-6-15-4-2-1-3-7(17-9(13)14)5-16-8(11)12/h5-8,10-13H,3-4,9,14,25H2,1-2H3,(H2,24,27);6-7H,1-5H2. The Hall–Kier alpha value is -4.92. The first-order valence-corrected chi connectivity index (χ1v) is 14.6. The molecule has 0 fully saturated rings. The van der Waals surface area contributed by atoms with Crippen LogP contribution in [0.15, 0.2) is 53.6 Å². The molecular weight excluding hydrogens is 610 g/mol. The first-order valence-electron chi connectivity index (χ1n) is 14.2. The lowest BCUT2D eigenvalue weighted by atomic mass is 9.98. The van der Waals surface area contributed by atoms with E-state index in [1.54, 1.807) is 0 Å². The number of imidazole rings is 1. The molecule has 3 rings (SSSR count). The van der Waals surface area contributed by atoms with E-state index in [1.807, 2.05) is 31.2 Å². The zero-order valence-corrected chi connectivity index (χ0v) is 25.9. The SMILES string of the molecule is CCCCc1nc(Cl)c(C)n1Cc1ccc(-c2ccccc2/C(N)=N/N)cc1.O=COCCCCC(CO[N+](=O)[O-])O[N+](=O)[O-]. The maximum Gasteiger partial charge on any atom is 0.294 e. The average molecular weight is 648 g/mol. The van der Waals surface area contributed by atoms with Crippen LogP contribution in [0.25, 0.3) is 11.1 Å². The Bertz CT molecular complexity index is 1420. The molecule has 15 nitrogen and oxygen atoms in total. The maximum atomic E-state index is 10.1. The summed E-state index contributed by atoms with van der Waals surface area (Å²) >= 11 is 6.28.